The van der Waals surface area contributed by atoms with E-state index in [2.05, 4.69) is 9.89 Å². The van der Waals surface area contributed by atoms with Gasteiger partial charge in [0, 0.05) is 0 Å². The molecule has 22 heavy (non-hydrogen) atoms. The van der Waals surface area contributed by atoms with Crippen molar-refractivity contribution in [1.29, 1.82) is 0 Å². The van der Waals surface area contributed by atoms with Crippen LogP contribution in [-0.4, -0.2) is 37.1 Å². The van der Waals surface area contributed by atoms with E-state index in [-0.39, 0.29) is 18.5 Å². The minimum Gasteiger partial charge on any atom is -0.463 e. The zero-order valence-corrected chi connectivity index (χ0v) is 13.2. The van der Waals surface area contributed by atoms with Crippen molar-refractivity contribution in [3.63, 3.8) is 0 Å². The number of carbonyl (C=O) groups excluding carboxylic acids is 1. The van der Waals surface area contributed by atoms with Gasteiger partial charge in [0.05, 0.1) is 19.9 Å². The Morgan fingerprint density at radius 2 is 2.14 bits per heavy atom. The first-order valence-corrected chi connectivity index (χ1v) is 6.85. The summed E-state index contributed by atoms with van der Waals surface area (Å²) in [7, 11) is 1.25. The molecule has 120 valence electrons. The number of methoxy groups -OCH3 is 1. The van der Waals surface area contributed by atoms with Gasteiger partial charge in [-0.25, -0.2) is 4.79 Å². The van der Waals surface area contributed by atoms with Crippen molar-refractivity contribution in [3.8, 4) is 5.75 Å². The van der Waals surface area contributed by atoms with Gasteiger partial charge in [-0.1, -0.05) is 17.3 Å². The number of benzene rings is 1. The molecule has 0 aliphatic rings. The molecule has 0 heterocycles. The topological polar surface area (TPSA) is 77.4 Å². The van der Waals surface area contributed by atoms with Crippen LogP contribution in [0.4, 0.5) is 0 Å². The van der Waals surface area contributed by atoms with Crippen molar-refractivity contribution in [2.75, 3.05) is 13.7 Å². The summed E-state index contributed by atoms with van der Waals surface area (Å²) in [6, 6.07) is 5.40. The maximum absolute atomic E-state index is 11.6. The van der Waals surface area contributed by atoms with E-state index in [0.717, 1.165) is 11.1 Å². The fourth-order valence-electron chi connectivity index (χ4n) is 1.49. The molecule has 0 aliphatic carbocycles. The summed E-state index contributed by atoms with van der Waals surface area (Å²) in [4.78, 5) is 16.7. The summed E-state index contributed by atoms with van der Waals surface area (Å²) in [6.45, 7) is 5.27. The summed E-state index contributed by atoms with van der Waals surface area (Å²) in [5, 5.41) is 12.8. The molecule has 0 bridgehead atoms. The second kappa shape index (κ2) is 8.84. The highest BCUT2D eigenvalue weighted by atomic mass is 16.6. The molecule has 0 aliphatic heterocycles. The number of hydrogen-bond donors (Lipinski definition) is 1. The van der Waals surface area contributed by atoms with Gasteiger partial charge in [0.1, 0.15) is 11.9 Å². The minimum atomic E-state index is -0.657. The molecule has 1 aromatic carbocycles. The second-order valence-electron chi connectivity index (χ2n) is 4.76. The number of carbonyl (C=O) groups is 1. The van der Waals surface area contributed by atoms with Crippen molar-refractivity contribution < 1.29 is 24.2 Å². The second-order valence-corrected chi connectivity index (χ2v) is 4.76. The fourth-order valence-corrected chi connectivity index (χ4v) is 1.49. The van der Waals surface area contributed by atoms with Crippen molar-refractivity contribution in [3.05, 3.63) is 41.2 Å². The number of nitrogens with zero attached hydrogens (tertiary/aromatic N) is 1. The van der Waals surface area contributed by atoms with Crippen LogP contribution in [0.3, 0.4) is 0 Å². The third-order valence-corrected chi connectivity index (χ3v) is 2.57. The van der Waals surface area contributed by atoms with E-state index < -0.39 is 5.97 Å². The highest BCUT2D eigenvalue weighted by Crippen LogP contribution is 2.21. The molecule has 0 atom stereocenters. The van der Waals surface area contributed by atoms with Crippen LogP contribution in [0.15, 0.2) is 35.2 Å². The molecular weight excluding hydrogens is 286 g/mol. The Morgan fingerprint density at radius 3 is 2.73 bits per heavy atom. The van der Waals surface area contributed by atoms with Crippen LogP contribution in [0.5, 0.6) is 5.75 Å². The van der Waals surface area contributed by atoms with Crippen LogP contribution in [0.1, 0.15) is 25.0 Å². The number of esters is 1. The quantitative estimate of drug-likeness (QED) is 0.275. The molecular formula is C16H21NO5. The first-order valence-electron chi connectivity index (χ1n) is 6.85. The third-order valence-electron chi connectivity index (χ3n) is 2.57. The van der Waals surface area contributed by atoms with Gasteiger partial charge < -0.3 is 19.4 Å². The lowest BCUT2D eigenvalue weighted by Gasteiger charge is -2.11. The number of aliphatic hydroxyl groups is 1. The average molecular weight is 307 g/mol. The van der Waals surface area contributed by atoms with Gasteiger partial charge in [-0.3, -0.25) is 0 Å². The van der Waals surface area contributed by atoms with Gasteiger partial charge in [0.25, 0.3) is 0 Å². The first-order chi connectivity index (χ1) is 10.5. The lowest BCUT2D eigenvalue weighted by molar-refractivity contribution is -0.138. The molecule has 0 radical (unpaired) electrons. The van der Waals surface area contributed by atoms with Gasteiger partial charge in [-0.2, -0.15) is 0 Å². The largest absolute Gasteiger partial charge is 0.463 e. The standard InChI is InChI=1S/C16H21NO5/c1-11(2)22-17-10-13-6-5-12(3)15(9-13)21-14(7-8-18)16(19)20-4/h5-7,9-11,18H,8H2,1-4H3/b14-7-,17-10+. The Bertz CT molecular complexity index is 564. The smallest absolute Gasteiger partial charge is 0.373 e. The van der Waals surface area contributed by atoms with Crippen molar-refractivity contribution in [2.24, 2.45) is 5.16 Å². The molecule has 0 aromatic heterocycles. The van der Waals surface area contributed by atoms with Crippen LogP contribution >= 0.6 is 0 Å². The molecule has 1 N–H and O–H groups in total. The van der Waals surface area contributed by atoms with Gasteiger partial charge in [-0.05, 0) is 44.0 Å². The number of ether oxygens (including phenoxy) is 2. The van der Waals surface area contributed by atoms with Crippen LogP contribution in [0, 0.1) is 6.92 Å². The number of rotatable bonds is 7. The molecule has 1 aromatic rings. The van der Waals surface area contributed by atoms with Gasteiger partial charge in [-0.15, -0.1) is 0 Å². The van der Waals surface area contributed by atoms with Crippen LogP contribution in [0.2, 0.25) is 0 Å². The first kappa shape index (κ1) is 17.7. The number of aryl methyl sites for hydroxylation is 1. The van der Waals surface area contributed by atoms with E-state index in [1.54, 1.807) is 12.3 Å². The third kappa shape index (κ3) is 5.57. The molecule has 0 fully saturated rings. The lowest BCUT2D eigenvalue weighted by atomic mass is 10.1. The van der Waals surface area contributed by atoms with E-state index in [1.807, 2.05) is 32.9 Å². The Balaban J connectivity index is 2.96. The molecule has 0 amide bonds. The van der Waals surface area contributed by atoms with E-state index in [1.165, 1.54) is 13.2 Å². The summed E-state index contributed by atoms with van der Waals surface area (Å²) in [6.07, 6.45) is 2.80. The van der Waals surface area contributed by atoms with Crippen LogP contribution in [-0.2, 0) is 14.4 Å². The predicted octanol–water partition coefficient (Wildman–Crippen LogP) is 2.18. The van der Waals surface area contributed by atoms with Gasteiger partial charge in [0.15, 0.2) is 0 Å². The molecule has 0 unspecified atom stereocenters. The highest BCUT2D eigenvalue weighted by molar-refractivity contribution is 5.87. The van der Waals surface area contributed by atoms with Crippen molar-refractivity contribution in [2.45, 2.75) is 26.9 Å². The summed E-state index contributed by atoms with van der Waals surface area (Å²) in [5.41, 5.74) is 1.59. The Kier molecular flexibility index (Phi) is 7.12. The maximum Gasteiger partial charge on any atom is 0.373 e. The average Bonchev–Trinajstić information content (AvgIpc) is 2.48. The minimum absolute atomic E-state index is 0.00386. The zero-order chi connectivity index (χ0) is 16.5. The summed E-state index contributed by atoms with van der Waals surface area (Å²) < 4.78 is 10.1. The Labute approximate surface area is 130 Å². The number of oxime groups is 1. The van der Waals surface area contributed by atoms with Crippen molar-refractivity contribution in [1.82, 2.24) is 0 Å². The van der Waals surface area contributed by atoms with Crippen molar-refractivity contribution >= 4 is 12.2 Å². The van der Waals surface area contributed by atoms with E-state index in [0.29, 0.717) is 5.75 Å². The zero-order valence-electron chi connectivity index (χ0n) is 13.2. The van der Waals surface area contributed by atoms with E-state index in [4.69, 9.17) is 14.7 Å². The SMILES string of the molecule is COC(=O)/C(=C/CO)Oc1cc(/C=N/OC(C)C)ccc1C. The normalized spacial score (nSPS) is 11.8. The molecule has 6 heteroatoms. The maximum atomic E-state index is 11.6. The molecule has 6 nitrogen and oxygen atoms in total. The van der Waals surface area contributed by atoms with Crippen LogP contribution < -0.4 is 4.74 Å². The number of hydrogen-bond acceptors (Lipinski definition) is 6. The summed E-state index contributed by atoms with van der Waals surface area (Å²) >= 11 is 0. The summed E-state index contributed by atoms with van der Waals surface area (Å²) in [5.74, 6) is -0.255. The van der Waals surface area contributed by atoms with Gasteiger partial charge >= 0.3 is 5.97 Å². The monoisotopic (exact) mass is 307 g/mol. The number of aliphatic hydroxyl groups excluding tert-OH is 1. The van der Waals surface area contributed by atoms with E-state index >= 15 is 0 Å². The van der Waals surface area contributed by atoms with Gasteiger partial charge in [0.2, 0.25) is 5.76 Å². The molecule has 0 saturated heterocycles. The van der Waals surface area contributed by atoms with E-state index in [9.17, 15) is 4.79 Å². The fraction of sp³-hybridized carbons (Fsp3) is 0.375. The predicted molar refractivity (Wildman–Crippen MR) is 82.8 cm³/mol. The Hall–Kier alpha value is -2.34. The highest BCUT2D eigenvalue weighted by Gasteiger charge is 2.13. The van der Waals surface area contributed by atoms with Crippen LogP contribution in [0.25, 0.3) is 0 Å². The molecule has 1 rings (SSSR count). The lowest BCUT2D eigenvalue weighted by Crippen LogP contribution is -2.12. The molecule has 0 saturated carbocycles. The Morgan fingerprint density at radius 1 is 1.41 bits per heavy atom. The molecule has 0 spiro atoms.